The molecule has 1 N–H and O–H groups in total. The smallest absolute Gasteiger partial charge is 0.269 e. The van der Waals surface area contributed by atoms with Gasteiger partial charge in [-0.1, -0.05) is 26.0 Å². The molecule has 1 heterocycles. The number of hydrogen-bond donors (Lipinski definition) is 1. The van der Waals surface area contributed by atoms with E-state index in [1.54, 1.807) is 12.1 Å². The third-order valence-corrected chi connectivity index (χ3v) is 4.98. The minimum atomic E-state index is -0.364. The molecule has 104 valence electrons. The van der Waals surface area contributed by atoms with Crippen molar-refractivity contribution in [3.8, 4) is 0 Å². The third-order valence-electron chi connectivity index (χ3n) is 3.35. The third kappa shape index (κ3) is 4.21. The zero-order valence-electron chi connectivity index (χ0n) is 11.4. The Labute approximate surface area is 118 Å². The summed E-state index contributed by atoms with van der Waals surface area (Å²) in [4.78, 5) is 10.2. The zero-order valence-corrected chi connectivity index (χ0v) is 12.2. The lowest BCUT2D eigenvalue weighted by molar-refractivity contribution is -0.384. The Morgan fingerprint density at radius 2 is 2.11 bits per heavy atom. The monoisotopic (exact) mass is 280 g/mol. The van der Waals surface area contributed by atoms with Crippen LogP contribution in [0.2, 0.25) is 0 Å². The van der Waals surface area contributed by atoms with Crippen LogP contribution in [0.5, 0.6) is 0 Å². The van der Waals surface area contributed by atoms with Crippen LogP contribution >= 0.6 is 11.8 Å². The normalized spacial score (nSPS) is 22.1. The fraction of sp³-hybridized carbons (Fsp3) is 0.571. The molecule has 1 unspecified atom stereocenters. The number of thioether (sulfide) groups is 1. The van der Waals surface area contributed by atoms with Crippen LogP contribution in [0.1, 0.15) is 25.8 Å². The van der Waals surface area contributed by atoms with Gasteiger partial charge in [0.15, 0.2) is 0 Å². The molecule has 1 atom stereocenters. The van der Waals surface area contributed by atoms with Crippen molar-refractivity contribution in [1.82, 2.24) is 5.32 Å². The summed E-state index contributed by atoms with van der Waals surface area (Å²) in [5.74, 6) is 2.37. The average Bonchev–Trinajstić information content (AvgIpc) is 2.36. The largest absolute Gasteiger partial charge is 0.309 e. The van der Waals surface area contributed by atoms with Crippen LogP contribution < -0.4 is 5.32 Å². The molecule has 4 nitrogen and oxygen atoms in total. The molecule has 0 bridgehead atoms. The Kier molecular flexibility index (Phi) is 4.47. The molecule has 1 fully saturated rings. The Hall–Kier alpha value is -1.07. The second kappa shape index (κ2) is 5.92. The molecule has 1 saturated heterocycles. The summed E-state index contributed by atoms with van der Waals surface area (Å²) in [7, 11) is 0. The lowest BCUT2D eigenvalue weighted by Crippen LogP contribution is -2.39. The van der Waals surface area contributed by atoms with Crippen LogP contribution in [0.15, 0.2) is 24.3 Å². The van der Waals surface area contributed by atoms with Gasteiger partial charge in [-0.15, -0.1) is 0 Å². The number of nitro groups is 1. The van der Waals surface area contributed by atoms with E-state index in [9.17, 15) is 10.1 Å². The molecular weight excluding hydrogens is 260 g/mol. The maximum atomic E-state index is 10.6. The van der Waals surface area contributed by atoms with E-state index in [2.05, 4.69) is 19.2 Å². The van der Waals surface area contributed by atoms with E-state index >= 15 is 0 Å². The maximum Gasteiger partial charge on any atom is 0.269 e. The molecule has 2 rings (SSSR count). The van der Waals surface area contributed by atoms with Crippen LogP contribution in [0, 0.1) is 15.5 Å². The van der Waals surface area contributed by atoms with Gasteiger partial charge in [-0.05, 0) is 23.2 Å². The second-order valence-electron chi connectivity index (χ2n) is 5.88. The lowest BCUT2D eigenvalue weighted by atomic mass is 9.88. The molecule has 0 amide bonds. The van der Waals surface area contributed by atoms with E-state index in [0.717, 1.165) is 17.9 Å². The number of nitro benzene ring substituents is 1. The van der Waals surface area contributed by atoms with Crippen LogP contribution in [-0.2, 0) is 6.54 Å². The van der Waals surface area contributed by atoms with Crippen LogP contribution in [0.3, 0.4) is 0 Å². The van der Waals surface area contributed by atoms with Gasteiger partial charge < -0.3 is 5.32 Å². The van der Waals surface area contributed by atoms with Crippen LogP contribution in [-0.4, -0.2) is 22.5 Å². The molecule has 0 saturated carbocycles. The van der Waals surface area contributed by atoms with Crippen molar-refractivity contribution in [3.63, 3.8) is 0 Å². The fourth-order valence-electron chi connectivity index (χ4n) is 2.39. The highest BCUT2D eigenvalue weighted by Gasteiger charge is 2.27. The van der Waals surface area contributed by atoms with Crippen LogP contribution in [0.4, 0.5) is 5.69 Å². The Morgan fingerprint density at radius 3 is 2.68 bits per heavy atom. The van der Waals surface area contributed by atoms with Gasteiger partial charge in [0.25, 0.3) is 5.69 Å². The van der Waals surface area contributed by atoms with Gasteiger partial charge >= 0.3 is 0 Å². The predicted molar refractivity (Wildman–Crippen MR) is 79.4 cm³/mol. The Morgan fingerprint density at radius 1 is 1.42 bits per heavy atom. The van der Waals surface area contributed by atoms with Gasteiger partial charge in [-0.3, -0.25) is 10.1 Å². The molecular formula is C14H20N2O2S. The highest BCUT2D eigenvalue weighted by atomic mass is 32.2. The van der Waals surface area contributed by atoms with Crippen LogP contribution in [0.25, 0.3) is 0 Å². The number of non-ortho nitro benzene ring substituents is 1. The van der Waals surface area contributed by atoms with Gasteiger partial charge in [-0.25, -0.2) is 0 Å². The summed E-state index contributed by atoms with van der Waals surface area (Å²) in [6.07, 6.45) is 1.19. The van der Waals surface area contributed by atoms with Crippen molar-refractivity contribution in [2.24, 2.45) is 5.41 Å². The van der Waals surface area contributed by atoms with Crippen molar-refractivity contribution in [3.05, 3.63) is 39.9 Å². The second-order valence-corrected chi connectivity index (χ2v) is 6.92. The molecule has 1 aromatic rings. The molecule has 0 radical (unpaired) electrons. The summed E-state index contributed by atoms with van der Waals surface area (Å²) in [6.45, 7) is 5.39. The molecule has 5 heteroatoms. The van der Waals surface area contributed by atoms with Crippen molar-refractivity contribution in [2.45, 2.75) is 32.9 Å². The first-order valence-corrected chi connectivity index (χ1v) is 7.66. The van der Waals surface area contributed by atoms with Gasteiger partial charge in [0.1, 0.15) is 0 Å². The molecule has 0 aliphatic carbocycles. The first-order chi connectivity index (χ1) is 8.96. The molecule has 1 aliphatic heterocycles. The quantitative estimate of drug-likeness (QED) is 0.679. The average molecular weight is 280 g/mol. The van der Waals surface area contributed by atoms with E-state index in [-0.39, 0.29) is 10.6 Å². The number of nitrogens with zero attached hydrogens (tertiary/aromatic N) is 1. The summed E-state index contributed by atoms with van der Waals surface area (Å²) in [6, 6.07) is 7.31. The lowest BCUT2D eigenvalue weighted by Gasteiger charge is -2.35. The van der Waals surface area contributed by atoms with E-state index in [4.69, 9.17) is 0 Å². The van der Waals surface area contributed by atoms with E-state index in [1.165, 1.54) is 12.2 Å². The predicted octanol–water partition coefficient (Wildman–Crippen LogP) is 3.22. The highest BCUT2D eigenvalue weighted by Crippen LogP contribution is 2.33. The van der Waals surface area contributed by atoms with E-state index in [0.29, 0.717) is 11.5 Å². The number of hydrogen-bond acceptors (Lipinski definition) is 4. The summed E-state index contributed by atoms with van der Waals surface area (Å²) in [5, 5.41) is 14.1. The van der Waals surface area contributed by atoms with Gasteiger partial charge in [-0.2, -0.15) is 11.8 Å². The fourth-order valence-corrected chi connectivity index (χ4v) is 3.70. The van der Waals surface area contributed by atoms with Crippen molar-refractivity contribution < 1.29 is 4.92 Å². The summed E-state index contributed by atoms with van der Waals surface area (Å²) in [5.41, 5.74) is 1.65. The molecule has 1 aromatic carbocycles. The Bertz CT molecular complexity index is 445. The first-order valence-electron chi connectivity index (χ1n) is 6.51. The minimum absolute atomic E-state index is 0.151. The van der Waals surface area contributed by atoms with Crippen molar-refractivity contribution in [1.29, 1.82) is 0 Å². The molecule has 0 spiro atoms. The molecule has 1 aliphatic rings. The Balaban J connectivity index is 1.86. The number of benzene rings is 1. The summed E-state index contributed by atoms with van der Waals surface area (Å²) >= 11 is 2.00. The molecule has 19 heavy (non-hydrogen) atoms. The first kappa shape index (κ1) is 14.3. The summed E-state index contributed by atoms with van der Waals surface area (Å²) < 4.78 is 0. The number of nitrogens with one attached hydrogen (secondary N) is 1. The van der Waals surface area contributed by atoms with E-state index < -0.39 is 0 Å². The zero-order chi connectivity index (χ0) is 13.9. The van der Waals surface area contributed by atoms with Crippen molar-refractivity contribution in [2.75, 3.05) is 11.5 Å². The standard InChI is InChI=1S/C14H20N2O2S/c1-14(2)7-12(9-19-10-14)15-8-11-3-5-13(6-4-11)16(17)18/h3-6,12,15H,7-10H2,1-2H3. The topological polar surface area (TPSA) is 55.2 Å². The van der Waals surface area contributed by atoms with Crippen molar-refractivity contribution >= 4 is 17.4 Å². The van der Waals surface area contributed by atoms with Gasteiger partial charge in [0.05, 0.1) is 4.92 Å². The van der Waals surface area contributed by atoms with Gasteiger partial charge in [0.2, 0.25) is 0 Å². The molecule has 0 aromatic heterocycles. The van der Waals surface area contributed by atoms with Gasteiger partial charge in [0, 0.05) is 30.5 Å². The SMILES string of the molecule is CC1(C)CSCC(NCc2ccc([N+](=O)[O-])cc2)C1. The van der Waals surface area contributed by atoms with E-state index in [1.807, 2.05) is 23.9 Å². The number of rotatable bonds is 4. The minimum Gasteiger partial charge on any atom is -0.309 e. The highest BCUT2D eigenvalue weighted by molar-refractivity contribution is 7.99. The maximum absolute atomic E-state index is 10.6.